The number of allylic oxidation sites excluding steroid dienone is 1. The first kappa shape index (κ1) is 28.0. The van der Waals surface area contributed by atoms with Crippen LogP contribution in [0.3, 0.4) is 0 Å². The number of hydrogen-bond acceptors (Lipinski definition) is 6. The lowest BCUT2D eigenvalue weighted by molar-refractivity contribution is -0.132. The Morgan fingerprint density at radius 1 is 1.09 bits per heavy atom. The molecule has 1 heterocycles. The van der Waals surface area contributed by atoms with Crippen molar-refractivity contribution >= 4 is 18.3 Å². The van der Waals surface area contributed by atoms with E-state index in [1.54, 1.807) is 24.7 Å². The monoisotopic (exact) mass is 477 g/mol. The van der Waals surface area contributed by atoms with Crippen molar-refractivity contribution in [2.75, 3.05) is 33.4 Å². The number of hydrogen-bond donors (Lipinski definition) is 3. The summed E-state index contributed by atoms with van der Waals surface area (Å²) >= 11 is 0. The maximum Gasteiger partial charge on any atom is 0.260 e. The predicted molar refractivity (Wildman–Crippen MR) is 138 cm³/mol. The average molecular weight is 478 g/mol. The molecule has 1 aliphatic rings. The van der Waals surface area contributed by atoms with E-state index < -0.39 is 5.91 Å². The highest BCUT2D eigenvalue weighted by Gasteiger charge is 2.18. The van der Waals surface area contributed by atoms with E-state index in [4.69, 9.17) is 9.94 Å². The molecule has 1 fully saturated rings. The summed E-state index contributed by atoms with van der Waals surface area (Å²) in [5.74, 6) is 5.87. The van der Waals surface area contributed by atoms with Crippen molar-refractivity contribution in [1.82, 2.24) is 15.7 Å². The Bertz CT molecular complexity index is 999. The number of morpholine rings is 1. The second kappa shape index (κ2) is 15.6. The van der Waals surface area contributed by atoms with Crippen molar-refractivity contribution < 1.29 is 19.5 Å². The number of ether oxygens (including phenoxy) is 1. The minimum Gasteiger partial charge on any atom is -0.379 e. The fourth-order valence-corrected chi connectivity index (χ4v) is 3.50. The zero-order chi connectivity index (χ0) is 25.5. The zero-order valence-electron chi connectivity index (χ0n) is 20.7. The van der Waals surface area contributed by atoms with Crippen LogP contribution in [0.1, 0.15) is 40.9 Å². The van der Waals surface area contributed by atoms with Crippen molar-refractivity contribution in [1.29, 1.82) is 0 Å². The summed E-state index contributed by atoms with van der Waals surface area (Å²) in [5.41, 5.74) is 5.62. The van der Waals surface area contributed by atoms with Crippen LogP contribution in [0.2, 0.25) is 0 Å². The number of hydroxylamine groups is 1. The van der Waals surface area contributed by atoms with Crippen LogP contribution in [0.25, 0.3) is 6.08 Å². The summed E-state index contributed by atoms with van der Waals surface area (Å²) in [4.78, 5) is 23.8. The number of nitrogens with one attached hydrogen (secondary N) is 2. The normalized spacial score (nSPS) is 14.4. The second-order valence-electron chi connectivity index (χ2n) is 8.46. The lowest BCUT2D eigenvalue weighted by atomic mass is 10.0. The Hall–Kier alpha value is -3.28. The molecular formula is C28H35N3O4. The summed E-state index contributed by atoms with van der Waals surface area (Å²) in [5, 5.41) is 11.0. The van der Waals surface area contributed by atoms with Crippen LogP contribution < -0.4 is 10.8 Å². The topological polar surface area (TPSA) is 90.9 Å². The number of carbonyl (C=O) groups excluding carboxylic acids is 2. The zero-order valence-corrected chi connectivity index (χ0v) is 20.7. The molecule has 2 aromatic rings. The SMILES string of the molecule is CNC(C(=O)NO)C(C)C.O=Cc1ccc(C#C/C=C/c2ccc(CN3CCOCC3)cc2)cc1. The van der Waals surface area contributed by atoms with E-state index in [1.807, 2.05) is 38.1 Å². The molecule has 1 aliphatic heterocycles. The van der Waals surface area contributed by atoms with Gasteiger partial charge in [-0.3, -0.25) is 19.7 Å². The first-order valence-electron chi connectivity index (χ1n) is 11.7. The molecule has 1 unspecified atom stereocenters. The van der Waals surface area contributed by atoms with E-state index in [2.05, 4.69) is 46.3 Å². The molecule has 3 N–H and O–H groups in total. The fourth-order valence-electron chi connectivity index (χ4n) is 3.50. The van der Waals surface area contributed by atoms with Gasteiger partial charge in [0.2, 0.25) is 0 Å². The third-order valence-electron chi connectivity index (χ3n) is 5.48. The first-order valence-corrected chi connectivity index (χ1v) is 11.7. The molecular weight excluding hydrogens is 442 g/mol. The standard InChI is InChI=1S/C22H21NO2.C6H14N2O2/c24-18-22-11-7-20(8-12-22)4-2-1-3-19-5-9-21(10-6-19)17-23-13-15-25-16-14-23;1-4(2)5(7-3)6(9)8-10/h1,3,5-12,18H,13-17H2;4-5,7,10H,1-3H3,(H,8,9)/b3-1+;. The number of nitrogens with zero attached hydrogens (tertiary/aromatic N) is 1. The van der Waals surface area contributed by atoms with Crippen LogP contribution in [0, 0.1) is 17.8 Å². The van der Waals surface area contributed by atoms with Crippen LogP contribution in [0.4, 0.5) is 0 Å². The van der Waals surface area contributed by atoms with Crippen LogP contribution >= 0.6 is 0 Å². The highest BCUT2D eigenvalue weighted by atomic mass is 16.5. The van der Waals surface area contributed by atoms with E-state index in [-0.39, 0.29) is 12.0 Å². The number of carbonyl (C=O) groups is 2. The van der Waals surface area contributed by atoms with Gasteiger partial charge in [0.25, 0.3) is 5.91 Å². The third kappa shape index (κ3) is 10.3. The summed E-state index contributed by atoms with van der Waals surface area (Å²) in [7, 11) is 1.68. The predicted octanol–water partition coefficient (Wildman–Crippen LogP) is 3.13. The Morgan fingerprint density at radius 3 is 2.23 bits per heavy atom. The van der Waals surface area contributed by atoms with Crippen molar-refractivity contribution in [3.05, 3.63) is 76.9 Å². The van der Waals surface area contributed by atoms with Gasteiger partial charge in [-0.05, 0) is 48.4 Å². The summed E-state index contributed by atoms with van der Waals surface area (Å²) in [6.45, 7) is 8.45. The van der Waals surface area contributed by atoms with Gasteiger partial charge in [0.1, 0.15) is 6.29 Å². The van der Waals surface area contributed by atoms with Gasteiger partial charge in [-0.2, -0.15) is 0 Å². The van der Waals surface area contributed by atoms with Gasteiger partial charge in [0, 0.05) is 30.8 Å². The minimum absolute atomic E-state index is 0.178. The largest absolute Gasteiger partial charge is 0.379 e. The van der Waals surface area contributed by atoms with Gasteiger partial charge < -0.3 is 10.1 Å². The number of benzene rings is 2. The second-order valence-corrected chi connectivity index (χ2v) is 8.46. The lowest BCUT2D eigenvalue weighted by Gasteiger charge is -2.26. The van der Waals surface area contributed by atoms with E-state index in [0.717, 1.165) is 50.3 Å². The van der Waals surface area contributed by atoms with Gasteiger partial charge >= 0.3 is 0 Å². The fraction of sp³-hybridized carbons (Fsp3) is 0.357. The number of aldehydes is 1. The maximum atomic E-state index is 10.8. The Kier molecular flexibility index (Phi) is 12.5. The molecule has 0 bridgehead atoms. The van der Waals surface area contributed by atoms with E-state index in [1.165, 1.54) is 5.56 Å². The molecule has 3 rings (SSSR count). The molecule has 2 aromatic carbocycles. The molecule has 7 nitrogen and oxygen atoms in total. The van der Waals surface area contributed by atoms with Crippen LogP contribution in [0.5, 0.6) is 0 Å². The van der Waals surface area contributed by atoms with Gasteiger partial charge in [-0.1, -0.05) is 62.1 Å². The van der Waals surface area contributed by atoms with Crippen molar-refractivity contribution in [2.45, 2.75) is 26.4 Å². The van der Waals surface area contributed by atoms with E-state index in [9.17, 15) is 9.59 Å². The Balaban J connectivity index is 0.000000367. The van der Waals surface area contributed by atoms with Gasteiger partial charge in [-0.25, -0.2) is 5.48 Å². The molecule has 0 aliphatic carbocycles. The molecule has 0 saturated carbocycles. The average Bonchev–Trinajstić information content (AvgIpc) is 2.89. The summed E-state index contributed by atoms with van der Waals surface area (Å²) < 4.78 is 5.38. The number of likely N-dealkylation sites (N-methyl/N-ethyl adjacent to an activating group) is 1. The van der Waals surface area contributed by atoms with Gasteiger partial charge in [0.15, 0.2) is 0 Å². The van der Waals surface area contributed by atoms with Crippen molar-refractivity contribution in [3.63, 3.8) is 0 Å². The van der Waals surface area contributed by atoms with Crippen LogP contribution in [0.15, 0.2) is 54.6 Å². The first-order chi connectivity index (χ1) is 17.0. The molecule has 1 saturated heterocycles. The van der Waals surface area contributed by atoms with E-state index >= 15 is 0 Å². The maximum absolute atomic E-state index is 10.8. The smallest absolute Gasteiger partial charge is 0.260 e. The van der Waals surface area contributed by atoms with Gasteiger partial charge in [-0.15, -0.1) is 0 Å². The Morgan fingerprint density at radius 2 is 1.71 bits per heavy atom. The Labute approximate surface area is 208 Å². The summed E-state index contributed by atoms with van der Waals surface area (Å²) in [6, 6.07) is 15.5. The van der Waals surface area contributed by atoms with Crippen molar-refractivity contribution in [3.8, 4) is 11.8 Å². The van der Waals surface area contributed by atoms with Crippen LogP contribution in [-0.2, 0) is 16.1 Å². The summed E-state index contributed by atoms with van der Waals surface area (Å²) in [6.07, 6.45) is 4.69. The van der Waals surface area contributed by atoms with E-state index in [0.29, 0.717) is 5.56 Å². The van der Waals surface area contributed by atoms with Gasteiger partial charge in [0.05, 0.1) is 19.3 Å². The molecule has 186 valence electrons. The third-order valence-corrected chi connectivity index (χ3v) is 5.48. The quantitative estimate of drug-likeness (QED) is 0.246. The molecule has 0 radical (unpaired) electrons. The molecule has 0 aromatic heterocycles. The highest BCUT2D eigenvalue weighted by molar-refractivity contribution is 5.80. The lowest BCUT2D eigenvalue weighted by Crippen LogP contribution is -2.44. The molecule has 7 heteroatoms. The molecule has 35 heavy (non-hydrogen) atoms. The highest BCUT2D eigenvalue weighted by Crippen LogP contribution is 2.10. The molecule has 0 spiro atoms. The number of rotatable bonds is 7. The minimum atomic E-state index is -0.391. The number of amides is 1. The van der Waals surface area contributed by atoms with Crippen molar-refractivity contribution in [2.24, 2.45) is 5.92 Å². The molecule has 1 atom stereocenters. The molecule has 1 amide bonds. The van der Waals surface area contributed by atoms with Crippen LogP contribution in [-0.4, -0.2) is 61.7 Å².